The van der Waals surface area contributed by atoms with Crippen molar-refractivity contribution < 1.29 is 4.52 Å². The number of fused-ring (bicyclic) bond motifs is 4. The smallest absolute Gasteiger partial charge is 0.167 e. The monoisotopic (exact) mass is 220 g/mol. The minimum absolute atomic E-state index is 0.766. The first-order chi connectivity index (χ1) is 8.42. The molecule has 0 radical (unpaired) electrons. The van der Waals surface area contributed by atoms with E-state index in [1.165, 1.54) is 5.39 Å². The van der Waals surface area contributed by atoms with Gasteiger partial charge in [0.2, 0.25) is 0 Å². The molecule has 3 heteroatoms. The van der Waals surface area contributed by atoms with Crippen molar-refractivity contribution in [1.29, 1.82) is 0 Å². The molecule has 2 heterocycles. The van der Waals surface area contributed by atoms with Gasteiger partial charge >= 0.3 is 0 Å². The molecule has 2 aromatic heterocycles. The van der Waals surface area contributed by atoms with Gasteiger partial charge in [-0.15, -0.1) is 0 Å². The zero-order valence-electron chi connectivity index (χ0n) is 8.92. The molecule has 0 spiro atoms. The number of rotatable bonds is 0. The lowest BCUT2D eigenvalue weighted by Gasteiger charge is -1.95. The van der Waals surface area contributed by atoms with E-state index in [9.17, 15) is 0 Å². The van der Waals surface area contributed by atoms with Crippen LogP contribution in [0.25, 0.3) is 32.8 Å². The van der Waals surface area contributed by atoms with Gasteiger partial charge in [-0.3, -0.25) is 0 Å². The van der Waals surface area contributed by atoms with Gasteiger partial charge in [-0.1, -0.05) is 23.4 Å². The Morgan fingerprint density at radius 3 is 2.82 bits per heavy atom. The van der Waals surface area contributed by atoms with Crippen LogP contribution in [0.4, 0.5) is 0 Å². The molecule has 0 aliphatic rings. The summed E-state index contributed by atoms with van der Waals surface area (Å²) in [7, 11) is 0. The lowest BCUT2D eigenvalue weighted by Crippen LogP contribution is -1.75. The fourth-order valence-corrected chi connectivity index (χ4v) is 2.23. The summed E-state index contributed by atoms with van der Waals surface area (Å²) < 4.78 is 5.23. The van der Waals surface area contributed by atoms with E-state index in [0.717, 1.165) is 27.4 Å². The quantitative estimate of drug-likeness (QED) is 0.455. The van der Waals surface area contributed by atoms with Gasteiger partial charge in [-0.2, -0.15) is 0 Å². The van der Waals surface area contributed by atoms with Crippen LogP contribution in [0, 0.1) is 0 Å². The fraction of sp³-hybridized carbons (Fsp3) is 0. The molecule has 0 fully saturated rings. The van der Waals surface area contributed by atoms with Gasteiger partial charge in [0, 0.05) is 22.2 Å². The third kappa shape index (κ3) is 1.16. The molecule has 0 N–H and O–H groups in total. The molecule has 2 aromatic carbocycles. The Labute approximate surface area is 96.7 Å². The molecular weight excluding hydrogens is 212 g/mol. The molecule has 4 rings (SSSR count). The van der Waals surface area contributed by atoms with Crippen LogP contribution in [-0.2, 0) is 0 Å². The van der Waals surface area contributed by atoms with E-state index < -0.39 is 0 Å². The van der Waals surface area contributed by atoms with Crippen molar-refractivity contribution in [2.45, 2.75) is 0 Å². The summed E-state index contributed by atoms with van der Waals surface area (Å²) in [6.45, 7) is 0. The van der Waals surface area contributed by atoms with Gasteiger partial charge in [0.15, 0.2) is 5.58 Å². The van der Waals surface area contributed by atoms with E-state index in [1.54, 1.807) is 6.20 Å². The number of benzene rings is 2. The first-order valence-electron chi connectivity index (χ1n) is 5.45. The normalized spacial score (nSPS) is 11.5. The van der Waals surface area contributed by atoms with E-state index in [4.69, 9.17) is 4.52 Å². The molecule has 0 unspecified atom stereocenters. The van der Waals surface area contributed by atoms with Crippen molar-refractivity contribution in [3.05, 3.63) is 48.7 Å². The summed E-state index contributed by atoms with van der Waals surface area (Å²) >= 11 is 0. The maximum absolute atomic E-state index is 5.23. The average molecular weight is 220 g/mol. The number of hydrogen-bond acceptors (Lipinski definition) is 3. The van der Waals surface area contributed by atoms with E-state index >= 15 is 0 Å². The lowest BCUT2D eigenvalue weighted by molar-refractivity contribution is 0.442. The molecule has 0 saturated heterocycles. The SMILES string of the molecule is c1ccc2c(c1)nc1cc3onccc3cc12. The highest BCUT2D eigenvalue weighted by Gasteiger charge is 2.07. The second kappa shape index (κ2) is 3.04. The predicted molar refractivity (Wildman–Crippen MR) is 66.8 cm³/mol. The van der Waals surface area contributed by atoms with E-state index in [1.807, 2.05) is 30.3 Å². The van der Waals surface area contributed by atoms with Gasteiger partial charge in [-0.25, -0.2) is 4.98 Å². The van der Waals surface area contributed by atoms with Crippen molar-refractivity contribution in [3.8, 4) is 0 Å². The molecule has 0 aliphatic heterocycles. The highest BCUT2D eigenvalue weighted by Crippen LogP contribution is 2.28. The zero-order chi connectivity index (χ0) is 11.2. The standard InChI is InChI=1S/C14H8N2O/c1-2-4-12-10(3-1)11-7-9-5-6-15-17-14(9)8-13(11)16-12/h1-8H. The van der Waals surface area contributed by atoms with Crippen LogP contribution >= 0.6 is 0 Å². The molecule has 3 nitrogen and oxygen atoms in total. The molecule has 80 valence electrons. The van der Waals surface area contributed by atoms with Crippen molar-refractivity contribution in [1.82, 2.24) is 10.1 Å². The fourth-order valence-electron chi connectivity index (χ4n) is 2.23. The van der Waals surface area contributed by atoms with E-state index in [0.29, 0.717) is 0 Å². The minimum atomic E-state index is 0.766. The number of nitrogens with zero attached hydrogens (tertiary/aromatic N) is 2. The van der Waals surface area contributed by atoms with Gasteiger partial charge < -0.3 is 4.52 Å². The third-order valence-corrected chi connectivity index (χ3v) is 3.03. The van der Waals surface area contributed by atoms with Gasteiger partial charge in [0.1, 0.15) is 0 Å². The third-order valence-electron chi connectivity index (χ3n) is 3.03. The van der Waals surface area contributed by atoms with Crippen LogP contribution in [0.1, 0.15) is 0 Å². The summed E-state index contributed by atoms with van der Waals surface area (Å²) in [6, 6.07) is 14.1. The lowest BCUT2D eigenvalue weighted by atomic mass is 10.1. The van der Waals surface area contributed by atoms with Crippen LogP contribution in [0.15, 0.2) is 53.2 Å². The van der Waals surface area contributed by atoms with Gasteiger partial charge in [0.05, 0.1) is 17.2 Å². The summed E-state index contributed by atoms with van der Waals surface area (Å²) in [5.74, 6) is 0. The summed E-state index contributed by atoms with van der Waals surface area (Å²) in [5.41, 5.74) is 2.74. The first-order valence-corrected chi connectivity index (χ1v) is 5.45. The van der Waals surface area contributed by atoms with Crippen LogP contribution in [0.5, 0.6) is 0 Å². The number of aromatic nitrogens is 2. The second-order valence-electron chi connectivity index (χ2n) is 4.05. The van der Waals surface area contributed by atoms with Crippen LogP contribution in [0.3, 0.4) is 0 Å². The maximum Gasteiger partial charge on any atom is 0.167 e. The topological polar surface area (TPSA) is 38.9 Å². The van der Waals surface area contributed by atoms with Crippen LogP contribution in [0.2, 0.25) is 0 Å². The number of para-hydroxylation sites is 1. The van der Waals surface area contributed by atoms with Gasteiger partial charge in [-0.05, 0) is 18.2 Å². The second-order valence-corrected chi connectivity index (χ2v) is 4.05. The van der Waals surface area contributed by atoms with Crippen molar-refractivity contribution in [2.24, 2.45) is 0 Å². The first kappa shape index (κ1) is 8.70. The van der Waals surface area contributed by atoms with Crippen molar-refractivity contribution >= 4 is 32.8 Å². The zero-order valence-corrected chi connectivity index (χ0v) is 8.92. The highest BCUT2D eigenvalue weighted by molar-refractivity contribution is 6.10. The predicted octanol–water partition coefficient (Wildman–Crippen LogP) is 3.53. The molecule has 0 atom stereocenters. The maximum atomic E-state index is 5.23. The van der Waals surface area contributed by atoms with E-state index in [2.05, 4.69) is 22.3 Å². The Balaban J connectivity index is 2.28. The Hall–Kier alpha value is -2.42. The average Bonchev–Trinajstić information content (AvgIpc) is 2.73. The van der Waals surface area contributed by atoms with Crippen LogP contribution in [-0.4, -0.2) is 10.1 Å². The molecule has 0 amide bonds. The summed E-state index contributed by atoms with van der Waals surface area (Å²) in [5, 5.41) is 7.16. The largest absolute Gasteiger partial charge is 0.356 e. The molecule has 0 aliphatic carbocycles. The minimum Gasteiger partial charge on any atom is -0.356 e. The molecular formula is C14H8N2O. The summed E-state index contributed by atoms with van der Waals surface area (Å²) in [6.07, 6.45) is 1.66. The molecule has 17 heavy (non-hydrogen) atoms. The van der Waals surface area contributed by atoms with Gasteiger partial charge in [0.25, 0.3) is 0 Å². The molecule has 4 aromatic rings. The Morgan fingerprint density at radius 1 is 0.882 bits per heavy atom. The van der Waals surface area contributed by atoms with E-state index in [-0.39, 0.29) is 0 Å². The highest BCUT2D eigenvalue weighted by atomic mass is 16.5. The Kier molecular flexibility index (Phi) is 1.56. The van der Waals surface area contributed by atoms with Crippen LogP contribution < -0.4 is 0 Å². The molecule has 0 bridgehead atoms. The Bertz CT molecular complexity index is 842. The number of hydrogen-bond donors (Lipinski definition) is 0. The molecule has 0 saturated carbocycles. The Morgan fingerprint density at radius 2 is 1.82 bits per heavy atom. The van der Waals surface area contributed by atoms with Crippen molar-refractivity contribution in [3.63, 3.8) is 0 Å². The van der Waals surface area contributed by atoms with Crippen molar-refractivity contribution in [2.75, 3.05) is 0 Å². The summed E-state index contributed by atoms with van der Waals surface area (Å²) in [4.78, 5) is 4.58.